The molecule has 0 fully saturated rings. The Kier molecular flexibility index (Phi) is 1.85. The third-order valence-electron chi connectivity index (χ3n) is 1.91. The van der Waals surface area contributed by atoms with Crippen LogP contribution in [0.4, 0.5) is 0 Å². The molecule has 3 heteroatoms. The summed E-state index contributed by atoms with van der Waals surface area (Å²) in [6, 6.07) is 0. The van der Waals surface area contributed by atoms with Gasteiger partial charge in [0.05, 0.1) is 6.61 Å². The number of allylic oxidation sites excluding steroid dienone is 4. The second-order valence-electron chi connectivity index (χ2n) is 2.72. The van der Waals surface area contributed by atoms with Crippen molar-refractivity contribution < 1.29 is 9.53 Å². The van der Waals surface area contributed by atoms with Gasteiger partial charge in [-0.1, -0.05) is 18.2 Å². The fraction of sp³-hybridized carbons (Fsp3) is 0.200. The van der Waals surface area contributed by atoms with Crippen LogP contribution in [0.25, 0.3) is 0 Å². The molecule has 0 aromatic carbocycles. The molecule has 0 saturated carbocycles. The molecule has 0 N–H and O–H groups in total. The monoisotopic (exact) mass is 175 g/mol. The van der Waals surface area contributed by atoms with Gasteiger partial charge in [0, 0.05) is 17.3 Å². The molecule has 13 heavy (non-hydrogen) atoms. The van der Waals surface area contributed by atoms with Crippen LogP contribution >= 0.6 is 0 Å². The molecule has 2 rings (SSSR count). The molecule has 3 nitrogen and oxygen atoms in total. The third kappa shape index (κ3) is 1.22. The van der Waals surface area contributed by atoms with E-state index >= 15 is 0 Å². The Morgan fingerprint density at radius 3 is 3.23 bits per heavy atom. The Hall–Kier alpha value is -1.64. The number of fused-ring (bicyclic) bond motifs is 1. The normalized spacial score (nSPS) is 17.8. The molecule has 1 aliphatic carbocycles. The van der Waals surface area contributed by atoms with Crippen LogP contribution in [0.2, 0.25) is 0 Å². The number of carbonyl (C=O) groups is 1. The van der Waals surface area contributed by atoms with E-state index in [1.54, 1.807) is 13.1 Å². The molecule has 1 aliphatic heterocycles. The maximum absolute atomic E-state index is 11.3. The zero-order valence-corrected chi connectivity index (χ0v) is 7.28. The topological polar surface area (TPSA) is 38.7 Å². The molecule has 0 bridgehead atoms. The van der Waals surface area contributed by atoms with Crippen molar-refractivity contribution in [3.8, 4) is 0 Å². The second-order valence-corrected chi connectivity index (χ2v) is 2.72. The van der Waals surface area contributed by atoms with Crippen molar-refractivity contribution in [3.63, 3.8) is 0 Å². The average Bonchev–Trinajstić information content (AvgIpc) is 2.62. The smallest absolute Gasteiger partial charge is 0.357 e. The summed E-state index contributed by atoms with van der Waals surface area (Å²) in [5.41, 5.74) is 2.28. The maximum Gasteiger partial charge on any atom is 0.357 e. The molecule has 2 aliphatic rings. The number of nitrogens with zero attached hydrogens (tertiary/aromatic N) is 1. The van der Waals surface area contributed by atoms with Crippen molar-refractivity contribution in [1.29, 1.82) is 0 Å². The van der Waals surface area contributed by atoms with E-state index in [0.29, 0.717) is 12.3 Å². The highest BCUT2D eigenvalue weighted by Crippen LogP contribution is 2.25. The second kappa shape index (κ2) is 3.01. The number of hydrogen-bond donors (Lipinski definition) is 0. The van der Waals surface area contributed by atoms with Crippen LogP contribution in [0.1, 0.15) is 6.92 Å². The van der Waals surface area contributed by atoms with Gasteiger partial charge in [-0.15, -0.1) is 0 Å². The summed E-state index contributed by atoms with van der Waals surface area (Å²) in [5, 5.41) is 0. The van der Waals surface area contributed by atoms with Crippen molar-refractivity contribution in [3.05, 3.63) is 35.6 Å². The summed E-state index contributed by atoms with van der Waals surface area (Å²) in [7, 11) is 0. The van der Waals surface area contributed by atoms with Gasteiger partial charge < -0.3 is 4.74 Å². The lowest BCUT2D eigenvalue weighted by atomic mass is 10.1. The van der Waals surface area contributed by atoms with E-state index in [-0.39, 0.29) is 5.97 Å². The lowest BCUT2D eigenvalue weighted by Gasteiger charge is -2.02. The summed E-state index contributed by atoms with van der Waals surface area (Å²) in [5.74, 6) is -0.344. The summed E-state index contributed by atoms with van der Waals surface area (Å²) in [4.78, 5) is 15.3. The fourth-order valence-electron chi connectivity index (χ4n) is 1.33. The first-order chi connectivity index (χ1) is 6.33. The number of hydrogen-bond acceptors (Lipinski definition) is 3. The predicted molar refractivity (Wildman–Crippen MR) is 49.4 cm³/mol. The van der Waals surface area contributed by atoms with E-state index in [2.05, 4.69) is 4.99 Å². The Morgan fingerprint density at radius 2 is 2.46 bits per heavy atom. The van der Waals surface area contributed by atoms with Crippen LogP contribution in [0.5, 0.6) is 0 Å². The number of esters is 1. The van der Waals surface area contributed by atoms with Crippen LogP contribution < -0.4 is 0 Å². The molecule has 0 spiro atoms. The molecule has 66 valence electrons. The van der Waals surface area contributed by atoms with Gasteiger partial charge in [0.15, 0.2) is 5.71 Å². The number of rotatable bonds is 2. The first kappa shape index (κ1) is 7.98. The molecular weight excluding hydrogens is 166 g/mol. The number of aliphatic imine (C=N–C) groups is 1. The number of ether oxygens (including phenoxy) is 1. The highest BCUT2D eigenvalue weighted by atomic mass is 16.5. The van der Waals surface area contributed by atoms with Gasteiger partial charge >= 0.3 is 5.97 Å². The maximum atomic E-state index is 11.3. The lowest BCUT2D eigenvalue weighted by Crippen LogP contribution is -2.17. The summed E-state index contributed by atoms with van der Waals surface area (Å²) in [6.45, 7) is 2.16. The molecule has 1 heterocycles. The molecule has 0 unspecified atom stereocenters. The average molecular weight is 175 g/mol. The quantitative estimate of drug-likeness (QED) is 0.595. The van der Waals surface area contributed by atoms with Gasteiger partial charge in [-0.3, -0.25) is 0 Å². The van der Waals surface area contributed by atoms with Crippen LogP contribution in [-0.2, 0) is 9.53 Å². The Bertz CT molecular complexity index is 372. The van der Waals surface area contributed by atoms with Crippen LogP contribution in [0.15, 0.2) is 40.6 Å². The van der Waals surface area contributed by atoms with E-state index in [1.165, 1.54) is 0 Å². The predicted octanol–water partition coefficient (Wildman–Crippen LogP) is 1.38. The molecule has 0 aromatic rings. The van der Waals surface area contributed by atoms with Gasteiger partial charge in [0.1, 0.15) is 0 Å². The largest absolute Gasteiger partial charge is 0.461 e. The molecule has 0 radical (unpaired) electrons. The van der Waals surface area contributed by atoms with Crippen LogP contribution in [-0.4, -0.2) is 18.3 Å². The molecule has 0 atom stereocenters. The molecule has 0 amide bonds. The van der Waals surface area contributed by atoms with Crippen molar-refractivity contribution in [1.82, 2.24) is 0 Å². The Labute approximate surface area is 76.1 Å². The summed E-state index contributed by atoms with van der Waals surface area (Å²) >= 11 is 0. The highest BCUT2D eigenvalue weighted by Gasteiger charge is 2.24. The van der Waals surface area contributed by atoms with Crippen LogP contribution in [0, 0.1) is 0 Å². The van der Waals surface area contributed by atoms with E-state index < -0.39 is 0 Å². The first-order valence-electron chi connectivity index (χ1n) is 4.17. The Balaban J connectivity index is 2.18. The van der Waals surface area contributed by atoms with Gasteiger partial charge in [-0.05, 0) is 6.92 Å². The van der Waals surface area contributed by atoms with Crippen molar-refractivity contribution in [2.75, 3.05) is 6.61 Å². The van der Waals surface area contributed by atoms with E-state index in [1.807, 2.05) is 18.2 Å². The zero-order valence-electron chi connectivity index (χ0n) is 7.28. The standard InChI is InChI=1S/C10H9NO2/c1-2-13-10(12)9-8-5-3-4-7(8)6-11-9/h3-6H,2H2,1H3. The summed E-state index contributed by atoms with van der Waals surface area (Å²) in [6.07, 6.45) is 7.37. The minimum Gasteiger partial charge on any atom is -0.461 e. The highest BCUT2D eigenvalue weighted by molar-refractivity contribution is 6.45. The lowest BCUT2D eigenvalue weighted by molar-refractivity contribution is -0.134. The first-order valence-corrected chi connectivity index (χ1v) is 4.17. The Morgan fingerprint density at radius 1 is 1.62 bits per heavy atom. The number of carbonyl (C=O) groups excluding carboxylic acids is 1. The molecule has 0 aromatic heterocycles. The molecule has 0 saturated heterocycles. The van der Waals surface area contributed by atoms with Gasteiger partial charge in [0.25, 0.3) is 0 Å². The molecular formula is C10H9NO2. The zero-order chi connectivity index (χ0) is 9.26. The van der Waals surface area contributed by atoms with E-state index in [0.717, 1.165) is 11.1 Å². The minimum atomic E-state index is -0.344. The van der Waals surface area contributed by atoms with Crippen molar-refractivity contribution in [2.45, 2.75) is 6.92 Å². The van der Waals surface area contributed by atoms with E-state index in [4.69, 9.17) is 4.74 Å². The van der Waals surface area contributed by atoms with Gasteiger partial charge in [0.2, 0.25) is 0 Å². The van der Waals surface area contributed by atoms with Gasteiger partial charge in [-0.25, -0.2) is 9.79 Å². The van der Waals surface area contributed by atoms with Crippen molar-refractivity contribution >= 4 is 11.7 Å². The SMILES string of the molecule is CCOC(=O)C1=NC=C2C=CC=C21. The summed E-state index contributed by atoms with van der Waals surface area (Å²) < 4.78 is 4.86. The third-order valence-corrected chi connectivity index (χ3v) is 1.91. The van der Waals surface area contributed by atoms with Crippen molar-refractivity contribution in [2.24, 2.45) is 4.99 Å². The van der Waals surface area contributed by atoms with E-state index in [9.17, 15) is 4.79 Å². The van der Waals surface area contributed by atoms with Crippen LogP contribution in [0.3, 0.4) is 0 Å². The minimum absolute atomic E-state index is 0.344. The van der Waals surface area contributed by atoms with Gasteiger partial charge in [-0.2, -0.15) is 0 Å². The fourth-order valence-corrected chi connectivity index (χ4v) is 1.33.